The molecule has 0 radical (unpaired) electrons. The second-order valence-electron chi connectivity index (χ2n) is 3.92. The number of aliphatic imine (C=N–C) groups is 1. The lowest BCUT2D eigenvalue weighted by Gasteiger charge is -2.25. The molecular weight excluding hydrogens is 168 g/mol. The molecule has 0 amide bonds. The van der Waals surface area contributed by atoms with Gasteiger partial charge in [0.2, 0.25) is 0 Å². The minimum Gasteiger partial charge on any atom is -0.286 e. The molecule has 3 heteroatoms. The van der Waals surface area contributed by atoms with E-state index in [0.717, 1.165) is 12.6 Å². The van der Waals surface area contributed by atoms with Gasteiger partial charge in [-0.15, -0.1) is 0 Å². The Labute approximate surface area is 78.2 Å². The van der Waals surface area contributed by atoms with Gasteiger partial charge < -0.3 is 0 Å². The van der Waals surface area contributed by atoms with Crippen LogP contribution in [0.2, 0.25) is 0 Å². The van der Waals surface area contributed by atoms with E-state index in [2.05, 4.69) is 24.2 Å². The van der Waals surface area contributed by atoms with Crippen LogP contribution in [0, 0.1) is 11.8 Å². The summed E-state index contributed by atoms with van der Waals surface area (Å²) in [6, 6.07) is 0. The second-order valence-corrected chi connectivity index (χ2v) is 5.08. The van der Waals surface area contributed by atoms with Gasteiger partial charge in [-0.3, -0.25) is 10.3 Å². The normalized spacial score (nSPS) is 30.6. The van der Waals surface area contributed by atoms with Gasteiger partial charge in [0.05, 0.1) is 17.1 Å². The van der Waals surface area contributed by atoms with E-state index >= 15 is 0 Å². The summed E-state index contributed by atoms with van der Waals surface area (Å²) in [5, 5.41) is 5.41. The molecular formula is C9H16N2S. The Balaban J connectivity index is 1.95. The highest BCUT2D eigenvalue weighted by atomic mass is 32.2. The van der Waals surface area contributed by atoms with Gasteiger partial charge in [-0.1, -0.05) is 25.6 Å². The first kappa shape index (κ1) is 8.57. The highest BCUT2D eigenvalue weighted by Crippen LogP contribution is 2.38. The summed E-state index contributed by atoms with van der Waals surface area (Å²) in [6.07, 6.45) is 2.74. The Hall–Kier alpha value is -0.0200. The van der Waals surface area contributed by atoms with Crippen LogP contribution >= 0.6 is 11.8 Å². The molecule has 2 rings (SSSR count). The second kappa shape index (κ2) is 3.38. The highest BCUT2D eigenvalue weighted by molar-refractivity contribution is 8.14. The van der Waals surface area contributed by atoms with Crippen LogP contribution in [0.15, 0.2) is 4.99 Å². The first-order valence-corrected chi connectivity index (χ1v) is 5.59. The Kier molecular flexibility index (Phi) is 2.42. The van der Waals surface area contributed by atoms with Gasteiger partial charge in [-0.05, 0) is 18.8 Å². The lowest BCUT2D eigenvalue weighted by molar-refractivity contribution is 0.519. The van der Waals surface area contributed by atoms with Crippen molar-refractivity contribution in [2.24, 2.45) is 16.8 Å². The molecule has 1 heterocycles. The molecule has 0 bridgehead atoms. The van der Waals surface area contributed by atoms with Crippen molar-refractivity contribution in [2.45, 2.75) is 32.1 Å². The number of nitrogens with one attached hydrogen (secondary N) is 1. The van der Waals surface area contributed by atoms with Crippen molar-refractivity contribution in [1.29, 1.82) is 0 Å². The third-order valence-electron chi connectivity index (χ3n) is 2.31. The Morgan fingerprint density at radius 1 is 1.50 bits per heavy atom. The SMILES string of the molecule is CC(C)C1NCN=C(C2CC2)S1. The Bertz CT molecular complexity index is 197. The summed E-state index contributed by atoms with van der Waals surface area (Å²) < 4.78 is 0. The van der Waals surface area contributed by atoms with Crippen LogP contribution in [0.25, 0.3) is 0 Å². The summed E-state index contributed by atoms with van der Waals surface area (Å²) in [4.78, 5) is 4.49. The third kappa shape index (κ3) is 1.83. The van der Waals surface area contributed by atoms with E-state index in [1.165, 1.54) is 17.9 Å². The fourth-order valence-electron chi connectivity index (χ4n) is 1.35. The van der Waals surface area contributed by atoms with Gasteiger partial charge in [0.25, 0.3) is 0 Å². The number of rotatable bonds is 2. The molecule has 1 aliphatic heterocycles. The molecule has 68 valence electrons. The van der Waals surface area contributed by atoms with Crippen molar-refractivity contribution in [3.63, 3.8) is 0 Å². The summed E-state index contributed by atoms with van der Waals surface area (Å²) >= 11 is 1.95. The van der Waals surface area contributed by atoms with Gasteiger partial charge >= 0.3 is 0 Å². The van der Waals surface area contributed by atoms with Gasteiger partial charge in [0, 0.05) is 5.92 Å². The van der Waals surface area contributed by atoms with Crippen LogP contribution in [0.1, 0.15) is 26.7 Å². The number of nitrogens with zero attached hydrogens (tertiary/aromatic N) is 1. The van der Waals surface area contributed by atoms with E-state index in [1.54, 1.807) is 0 Å². The van der Waals surface area contributed by atoms with E-state index in [0.29, 0.717) is 11.3 Å². The molecule has 1 atom stereocenters. The van der Waals surface area contributed by atoms with Crippen LogP contribution < -0.4 is 5.32 Å². The number of hydrogen-bond donors (Lipinski definition) is 1. The van der Waals surface area contributed by atoms with Crippen LogP contribution in [-0.2, 0) is 0 Å². The zero-order valence-electron chi connectivity index (χ0n) is 7.71. The van der Waals surface area contributed by atoms with Crippen molar-refractivity contribution < 1.29 is 0 Å². The zero-order valence-corrected chi connectivity index (χ0v) is 8.53. The van der Waals surface area contributed by atoms with E-state index in [1.807, 2.05) is 11.8 Å². The first-order valence-electron chi connectivity index (χ1n) is 4.72. The van der Waals surface area contributed by atoms with Crippen molar-refractivity contribution in [1.82, 2.24) is 5.32 Å². The summed E-state index contributed by atoms with van der Waals surface area (Å²) in [5.74, 6) is 1.54. The molecule has 2 aliphatic rings. The van der Waals surface area contributed by atoms with Crippen molar-refractivity contribution >= 4 is 16.8 Å². The Morgan fingerprint density at radius 2 is 2.25 bits per heavy atom. The molecule has 12 heavy (non-hydrogen) atoms. The Morgan fingerprint density at radius 3 is 2.83 bits per heavy atom. The predicted octanol–water partition coefficient (Wildman–Crippen LogP) is 2.07. The number of hydrogen-bond acceptors (Lipinski definition) is 3. The topological polar surface area (TPSA) is 24.4 Å². The van der Waals surface area contributed by atoms with Crippen LogP contribution in [-0.4, -0.2) is 17.1 Å². The minimum atomic E-state index is 0.595. The quantitative estimate of drug-likeness (QED) is 0.710. The smallest absolute Gasteiger partial charge is 0.0902 e. The van der Waals surface area contributed by atoms with E-state index in [-0.39, 0.29) is 0 Å². The lowest BCUT2D eigenvalue weighted by atomic mass is 10.2. The molecule has 1 aliphatic carbocycles. The molecule has 0 aromatic carbocycles. The van der Waals surface area contributed by atoms with Crippen molar-refractivity contribution in [2.75, 3.05) is 6.67 Å². The summed E-state index contributed by atoms with van der Waals surface area (Å²) in [6.45, 7) is 5.36. The van der Waals surface area contributed by atoms with Crippen LogP contribution in [0.5, 0.6) is 0 Å². The van der Waals surface area contributed by atoms with E-state index in [4.69, 9.17) is 0 Å². The molecule has 1 unspecified atom stereocenters. The molecule has 0 aromatic rings. The van der Waals surface area contributed by atoms with E-state index < -0.39 is 0 Å². The van der Waals surface area contributed by atoms with Crippen LogP contribution in [0.4, 0.5) is 0 Å². The fourth-order valence-corrected chi connectivity index (χ4v) is 2.61. The zero-order chi connectivity index (χ0) is 8.55. The summed E-state index contributed by atoms with van der Waals surface area (Å²) in [5.41, 5.74) is 0. The lowest BCUT2D eigenvalue weighted by Crippen LogP contribution is -2.36. The fraction of sp³-hybridized carbons (Fsp3) is 0.889. The first-order chi connectivity index (χ1) is 5.77. The maximum absolute atomic E-state index is 4.49. The number of thioether (sulfide) groups is 1. The standard InChI is InChI=1S/C9H16N2S/c1-6(2)8-10-5-11-9(12-8)7-3-4-7/h6-8,10H,3-5H2,1-2H3. The average Bonchev–Trinajstić information content (AvgIpc) is 2.87. The monoisotopic (exact) mass is 184 g/mol. The molecule has 0 aromatic heterocycles. The van der Waals surface area contributed by atoms with E-state index in [9.17, 15) is 0 Å². The highest BCUT2D eigenvalue weighted by Gasteiger charge is 2.32. The summed E-state index contributed by atoms with van der Waals surface area (Å²) in [7, 11) is 0. The average molecular weight is 184 g/mol. The van der Waals surface area contributed by atoms with Crippen molar-refractivity contribution in [3.05, 3.63) is 0 Å². The molecule has 1 N–H and O–H groups in total. The maximum Gasteiger partial charge on any atom is 0.0902 e. The van der Waals surface area contributed by atoms with Crippen LogP contribution in [0.3, 0.4) is 0 Å². The largest absolute Gasteiger partial charge is 0.286 e. The molecule has 0 saturated heterocycles. The molecule has 1 fully saturated rings. The predicted molar refractivity (Wildman–Crippen MR) is 54.4 cm³/mol. The maximum atomic E-state index is 4.49. The van der Waals surface area contributed by atoms with Gasteiger partial charge in [-0.2, -0.15) is 0 Å². The molecule has 0 spiro atoms. The van der Waals surface area contributed by atoms with Gasteiger partial charge in [0.1, 0.15) is 0 Å². The van der Waals surface area contributed by atoms with Gasteiger partial charge in [-0.25, -0.2) is 0 Å². The molecule has 2 nitrogen and oxygen atoms in total. The van der Waals surface area contributed by atoms with Crippen molar-refractivity contribution in [3.8, 4) is 0 Å². The van der Waals surface area contributed by atoms with Gasteiger partial charge in [0.15, 0.2) is 0 Å². The minimum absolute atomic E-state index is 0.595. The third-order valence-corrected chi connectivity index (χ3v) is 3.98. The molecule has 1 saturated carbocycles.